The maximum Gasteiger partial charge on any atom is 0.203 e. The van der Waals surface area contributed by atoms with Gasteiger partial charge in [-0.3, -0.25) is 0 Å². The van der Waals surface area contributed by atoms with Crippen LogP contribution in [0.4, 0.5) is 11.8 Å². The van der Waals surface area contributed by atoms with Crippen molar-refractivity contribution >= 4 is 33.7 Å². The van der Waals surface area contributed by atoms with Gasteiger partial charge in [-0.25, -0.2) is 9.97 Å². The maximum atomic E-state index is 5.33. The van der Waals surface area contributed by atoms with Crippen molar-refractivity contribution < 1.29 is 0 Å². The van der Waals surface area contributed by atoms with Crippen LogP contribution in [0.15, 0.2) is 78.9 Å². The first-order valence-corrected chi connectivity index (χ1v) is 13.9. The maximum absolute atomic E-state index is 5.33. The molecular weight excluding hydrogens is 466 g/mol. The molecule has 5 nitrogen and oxygen atoms in total. The van der Waals surface area contributed by atoms with Gasteiger partial charge in [0.2, 0.25) is 5.95 Å². The predicted octanol–water partition coefficient (Wildman–Crippen LogP) is 7.75. The molecular formula is C33H39N5. The summed E-state index contributed by atoms with van der Waals surface area (Å²) in [6, 6.07) is 27.8. The summed E-state index contributed by atoms with van der Waals surface area (Å²) in [5, 5.41) is 1.17. The molecule has 1 N–H and O–H groups in total. The Bertz CT molecular complexity index is 1430. The van der Waals surface area contributed by atoms with Crippen molar-refractivity contribution in [3.8, 4) is 0 Å². The van der Waals surface area contributed by atoms with Gasteiger partial charge in [0.15, 0.2) is 5.82 Å². The first-order chi connectivity index (χ1) is 18.5. The highest BCUT2D eigenvalue weighted by Gasteiger charge is 2.22. The van der Waals surface area contributed by atoms with Crippen LogP contribution in [0, 0.1) is 5.92 Å². The molecule has 5 heteroatoms. The van der Waals surface area contributed by atoms with E-state index in [-0.39, 0.29) is 0 Å². The fourth-order valence-corrected chi connectivity index (χ4v) is 5.16. The van der Waals surface area contributed by atoms with Gasteiger partial charge in [0.1, 0.15) is 11.0 Å². The summed E-state index contributed by atoms with van der Waals surface area (Å²) in [5.74, 6) is 2.40. The van der Waals surface area contributed by atoms with Crippen molar-refractivity contribution in [2.45, 2.75) is 53.1 Å². The number of pyridine rings is 1. The Morgan fingerprint density at radius 1 is 0.816 bits per heavy atom. The van der Waals surface area contributed by atoms with E-state index in [4.69, 9.17) is 9.97 Å². The molecule has 0 saturated heterocycles. The van der Waals surface area contributed by atoms with E-state index in [1.54, 1.807) is 0 Å². The summed E-state index contributed by atoms with van der Waals surface area (Å²) in [6.45, 7) is 9.25. The molecule has 196 valence electrons. The highest BCUT2D eigenvalue weighted by atomic mass is 15.3. The van der Waals surface area contributed by atoms with E-state index in [1.165, 1.54) is 22.1 Å². The number of imidazole rings is 1. The first-order valence-electron chi connectivity index (χ1n) is 13.9. The Morgan fingerprint density at radius 3 is 2.08 bits per heavy atom. The quantitative estimate of drug-likeness (QED) is 0.199. The third-order valence-corrected chi connectivity index (χ3v) is 7.08. The lowest BCUT2D eigenvalue weighted by atomic mass is 9.98. The number of hydrogen-bond acceptors (Lipinski definition) is 4. The molecule has 2 aromatic heterocycles. The molecule has 0 unspecified atom stereocenters. The number of rotatable bonds is 11. The molecule has 0 atom stereocenters. The fraction of sp³-hybridized carbons (Fsp3) is 0.333. The zero-order chi connectivity index (χ0) is 26.5. The molecule has 5 aromatic rings. The molecule has 0 fully saturated rings. The second-order valence-corrected chi connectivity index (χ2v) is 10.7. The summed E-state index contributed by atoms with van der Waals surface area (Å²) in [6.07, 6.45) is 3.28. The zero-order valence-corrected chi connectivity index (χ0v) is 23.1. The van der Waals surface area contributed by atoms with Crippen LogP contribution in [-0.4, -0.2) is 28.5 Å². The zero-order valence-electron chi connectivity index (χ0n) is 23.1. The van der Waals surface area contributed by atoms with Crippen molar-refractivity contribution in [1.82, 2.24) is 15.0 Å². The van der Waals surface area contributed by atoms with Gasteiger partial charge in [-0.2, -0.15) is 0 Å². The number of aromatic amines is 1. The number of hydrogen-bond donors (Lipinski definition) is 1. The van der Waals surface area contributed by atoms with Crippen LogP contribution in [0.1, 0.15) is 50.3 Å². The van der Waals surface area contributed by atoms with Crippen LogP contribution in [0.25, 0.3) is 21.9 Å². The first kappa shape index (κ1) is 25.8. The molecule has 0 radical (unpaired) electrons. The summed E-state index contributed by atoms with van der Waals surface area (Å²) < 4.78 is 0. The highest BCUT2D eigenvalue weighted by molar-refractivity contribution is 6.09. The van der Waals surface area contributed by atoms with Crippen LogP contribution in [0.3, 0.4) is 0 Å². The van der Waals surface area contributed by atoms with E-state index in [1.807, 2.05) is 0 Å². The van der Waals surface area contributed by atoms with Gasteiger partial charge in [-0.15, -0.1) is 0 Å². The fourth-order valence-electron chi connectivity index (χ4n) is 5.16. The smallest absolute Gasteiger partial charge is 0.203 e. The Hall–Kier alpha value is -3.86. The molecule has 5 rings (SSSR count). The topological polar surface area (TPSA) is 48.1 Å². The van der Waals surface area contributed by atoms with Crippen molar-refractivity contribution in [3.63, 3.8) is 0 Å². The normalized spacial score (nSPS) is 11.5. The molecule has 0 aliphatic heterocycles. The standard InChI is InChI=1S/C33H39N5/c1-5-6-20-37(4)33-35-30-29-27(21-24(2)3)18-13-19-28(29)34-32(31(30)36-33)38(22-25-14-9-7-10-15-25)23-26-16-11-8-12-17-26/h7-19,24H,5-6,20-23H2,1-4H3,(H,35,36). The van der Waals surface area contributed by atoms with E-state index in [2.05, 4.69) is 121 Å². The van der Waals surface area contributed by atoms with Gasteiger partial charge in [0.25, 0.3) is 0 Å². The van der Waals surface area contributed by atoms with Crippen LogP contribution in [-0.2, 0) is 19.5 Å². The summed E-state index contributed by atoms with van der Waals surface area (Å²) in [4.78, 5) is 18.9. The van der Waals surface area contributed by atoms with Gasteiger partial charge < -0.3 is 14.8 Å². The molecule has 0 aliphatic rings. The SMILES string of the molecule is CCCCN(C)c1nc2c([nH]1)c(N(Cc1ccccc1)Cc1ccccc1)nc1cccc(CC(C)C)c12. The van der Waals surface area contributed by atoms with Crippen LogP contribution in [0.5, 0.6) is 0 Å². The Labute approximate surface area is 226 Å². The molecule has 0 amide bonds. The highest BCUT2D eigenvalue weighted by Crippen LogP contribution is 2.35. The number of nitrogens with zero attached hydrogens (tertiary/aromatic N) is 4. The van der Waals surface area contributed by atoms with E-state index in [9.17, 15) is 0 Å². The molecule has 0 saturated carbocycles. The lowest BCUT2D eigenvalue weighted by Gasteiger charge is -2.25. The van der Waals surface area contributed by atoms with Crippen LogP contribution in [0.2, 0.25) is 0 Å². The third-order valence-electron chi connectivity index (χ3n) is 7.08. The minimum atomic E-state index is 0.550. The third kappa shape index (κ3) is 5.67. The van der Waals surface area contributed by atoms with Gasteiger partial charge in [0, 0.05) is 32.1 Å². The predicted molar refractivity (Wildman–Crippen MR) is 161 cm³/mol. The van der Waals surface area contributed by atoms with E-state index < -0.39 is 0 Å². The Balaban J connectivity index is 1.71. The molecule has 0 aliphatic carbocycles. The van der Waals surface area contributed by atoms with Crippen molar-refractivity contribution in [2.75, 3.05) is 23.4 Å². The van der Waals surface area contributed by atoms with Crippen LogP contribution >= 0.6 is 0 Å². The van der Waals surface area contributed by atoms with E-state index >= 15 is 0 Å². The molecule has 0 bridgehead atoms. The number of H-pyrrole nitrogens is 1. The van der Waals surface area contributed by atoms with E-state index in [0.717, 1.165) is 67.2 Å². The number of fused-ring (bicyclic) bond motifs is 3. The lowest BCUT2D eigenvalue weighted by Crippen LogP contribution is -2.23. The summed E-state index contributed by atoms with van der Waals surface area (Å²) >= 11 is 0. The molecule has 2 heterocycles. The van der Waals surface area contributed by atoms with E-state index in [0.29, 0.717) is 5.92 Å². The van der Waals surface area contributed by atoms with Crippen LogP contribution < -0.4 is 9.80 Å². The number of unbranched alkanes of at least 4 members (excludes halogenated alkanes) is 1. The molecule has 3 aromatic carbocycles. The summed E-state index contributed by atoms with van der Waals surface area (Å²) in [5.41, 5.74) is 6.86. The lowest BCUT2D eigenvalue weighted by molar-refractivity contribution is 0.650. The van der Waals surface area contributed by atoms with Crippen molar-refractivity contribution in [3.05, 3.63) is 95.6 Å². The Kier molecular flexibility index (Phi) is 7.92. The monoisotopic (exact) mass is 505 g/mol. The minimum absolute atomic E-state index is 0.550. The van der Waals surface area contributed by atoms with Gasteiger partial charge in [-0.05, 0) is 41.5 Å². The minimum Gasteiger partial charge on any atom is -0.346 e. The second-order valence-electron chi connectivity index (χ2n) is 10.7. The van der Waals surface area contributed by atoms with Crippen molar-refractivity contribution in [1.29, 1.82) is 0 Å². The number of nitrogens with one attached hydrogen (secondary N) is 1. The van der Waals surface area contributed by atoms with Crippen molar-refractivity contribution in [2.24, 2.45) is 5.92 Å². The molecule has 0 spiro atoms. The van der Waals surface area contributed by atoms with Gasteiger partial charge in [-0.1, -0.05) is 100.0 Å². The Morgan fingerprint density at radius 2 is 1.47 bits per heavy atom. The summed E-state index contributed by atoms with van der Waals surface area (Å²) in [7, 11) is 2.13. The van der Waals surface area contributed by atoms with Gasteiger partial charge >= 0.3 is 0 Å². The number of benzene rings is 3. The average Bonchev–Trinajstić information content (AvgIpc) is 3.37. The number of aromatic nitrogens is 3. The second kappa shape index (κ2) is 11.7. The van der Waals surface area contributed by atoms with Gasteiger partial charge in [0.05, 0.1) is 5.52 Å². The average molecular weight is 506 g/mol. The largest absolute Gasteiger partial charge is 0.346 e. The molecule has 38 heavy (non-hydrogen) atoms. The number of anilines is 2.